The zero-order valence-electron chi connectivity index (χ0n) is 9.99. The SMILES string of the molecule is CCSc1cc(C)nc2c1CCCCC2O. The molecular formula is C13H19NOS. The second kappa shape index (κ2) is 5.19. The molecule has 88 valence electrons. The summed E-state index contributed by atoms with van der Waals surface area (Å²) in [4.78, 5) is 5.86. The fourth-order valence-corrected chi connectivity index (χ4v) is 3.23. The molecule has 1 aromatic heterocycles. The molecule has 0 fully saturated rings. The van der Waals surface area contributed by atoms with Gasteiger partial charge in [0.1, 0.15) is 0 Å². The fourth-order valence-electron chi connectivity index (χ4n) is 2.28. The van der Waals surface area contributed by atoms with E-state index in [1.807, 2.05) is 18.7 Å². The van der Waals surface area contributed by atoms with E-state index in [0.29, 0.717) is 0 Å². The predicted octanol–water partition coefficient (Wildman–Crippen LogP) is 3.26. The van der Waals surface area contributed by atoms with Gasteiger partial charge in [0.2, 0.25) is 0 Å². The number of nitrogens with zero attached hydrogens (tertiary/aromatic N) is 1. The molecule has 0 bridgehead atoms. The van der Waals surface area contributed by atoms with Gasteiger partial charge in [0.15, 0.2) is 0 Å². The fraction of sp³-hybridized carbons (Fsp3) is 0.615. The van der Waals surface area contributed by atoms with Crippen LogP contribution in [0, 0.1) is 6.92 Å². The second-order valence-electron chi connectivity index (χ2n) is 4.32. The number of fused-ring (bicyclic) bond motifs is 1. The van der Waals surface area contributed by atoms with Gasteiger partial charge in [-0.05, 0) is 43.6 Å². The number of hydrogen-bond donors (Lipinski definition) is 1. The molecule has 1 atom stereocenters. The Kier molecular flexibility index (Phi) is 3.87. The lowest BCUT2D eigenvalue weighted by Gasteiger charge is -2.15. The van der Waals surface area contributed by atoms with Crippen LogP contribution < -0.4 is 0 Å². The number of aromatic nitrogens is 1. The second-order valence-corrected chi connectivity index (χ2v) is 5.63. The Morgan fingerprint density at radius 2 is 2.31 bits per heavy atom. The summed E-state index contributed by atoms with van der Waals surface area (Å²) >= 11 is 1.86. The summed E-state index contributed by atoms with van der Waals surface area (Å²) in [5.74, 6) is 1.08. The minimum Gasteiger partial charge on any atom is -0.387 e. The Balaban J connectivity index is 2.47. The van der Waals surface area contributed by atoms with E-state index in [1.54, 1.807) is 0 Å². The van der Waals surface area contributed by atoms with Crippen molar-refractivity contribution in [2.45, 2.75) is 50.5 Å². The quantitative estimate of drug-likeness (QED) is 0.633. The van der Waals surface area contributed by atoms with Crippen LogP contribution in [0.3, 0.4) is 0 Å². The Morgan fingerprint density at radius 1 is 1.50 bits per heavy atom. The van der Waals surface area contributed by atoms with E-state index in [9.17, 15) is 5.11 Å². The molecule has 2 nitrogen and oxygen atoms in total. The number of pyridine rings is 1. The number of aliphatic hydroxyl groups excluding tert-OH is 1. The van der Waals surface area contributed by atoms with Crippen LogP contribution in [0.4, 0.5) is 0 Å². The average molecular weight is 237 g/mol. The highest BCUT2D eigenvalue weighted by Gasteiger charge is 2.20. The Bertz CT molecular complexity index is 378. The van der Waals surface area contributed by atoms with Crippen LogP contribution in [0.1, 0.15) is 49.2 Å². The van der Waals surface area contributed by atoms with Gasteiger partial charge >= 0.3 is 0 Å². The van der Waals surface area contributed by atoms with Crippen molar-refractivity contribution >= 4 is 11.8 Å². The summed E-state index contributed by atoms with van der Waals surface area (Å²) in [5, 5.41) is 10.1. The van der Waals surface area contributed by atoms with E-state index in [1.165, 1.54) is 16.9 Å². The van der Waals surface area contributed by atoms with E-state index in [-0.39, 0.29) is 6.10 Å². The van der Waals surface area contributed by atoms with Gasteiger partial charge in [-0.2, -0.15) is 0 Å². The molecule has 0 saturated carbocycles. The molecule has 1 aliphatic carbocycles. The molecule has 2 rings (SSSR count). The first-order chi connectivity index (χ1) is 7.72. The van der Waals surface area contributed by atoms with Crippen LogP contribution in [0.5, 0.6) is 0 Å². The molecule has 0 amide bonds. The largest absolute Gasteiger partial charge is 0.387 e. The zero-order valence-corrected chi connectivity index (χ0v) is 10.8. The van der Waals surface area contributed by atoms with E-state index in [2.05, 4.69) is 18.0 Å². The van der Waals surface area contributed by atoms with E-state index in [4.69, 9.17) is 0 Å². The predicted molar refractivity (Wildman–Crippen MR) is 67.9 cm³/mol. The molecule has 1 aliphatic rings. The van der Waals surface area contributed by atoms with Crippen molar-refractivity contribution in [2.75, 3.05) is 5.75 Å². The molecule has 0 spiro atoms. The molecule has 0 aromatic carbocycles. The minimum atomic E-state index is -0.353. The maximum absolute atomic E-state index is 10.1. The van der Waals surface area contributed by atoms with Gasteiger partial charge in [-0.1, -0.05) is 13.3 Å². The van der Waals surface area contributed by atoms with Gasteiger partial charge in [0.25, 0.3) is 0 Å². The third-order valence-corrected chi connectivity index (χ3v) is 3.98. The topological polar surface area (TPSA) is 33.1 Å². The van der Waals surface area contributed by atoms with Crippen molar-refractivity contribution < 1.29 is 5.11 Å². The zero-order chi connectivity index (χ0) is 11.5. The smallest absolute Gasteiger partial charge is 0.0963 e. The van der Waals surface area contributed by atoms with Crippen molar-refractivity contribution in [1.29, 1.82) is 0 Å². The molecule has 0 saturated heterocycles. The van der Waals surface area contributed by atoms with Crippen LogP contribution in [0.15, 0.2) is 11.0 Å². The molecule has 1 unspecified atom stereocenters. The standard InChI is InChI=1S/C13H19NOS/c1-3-16-12-8-9(2)14-13-10(12)6-4-5-7-11(13)15/h8,11,15H,3-7H2,1-2H3. The number of aliphatic hydroxyl groups is 1. The van der Waals surface area contributed by atoms with Gasteiger partial charge in [0, 0.05) is 10.6 Å². The third-order valence-electron chi connectivity index (χ3n) is 3.01. The van der Waals surface area contributed by atoms with E-state index in [0.717, 1.165) is 36.4 Å². The van der Waals surface area contributed by atoms with Crippen LogP contribution in [0.2, 0.25) is 0 Å². The number of rotatable bonds is 2. The molecular weight excluding hydrogens is 218 g/mol. The first kappa shape index (κ1) is 11.9. The number of aryl methyl sites for hydroxylation is 1. The molecule has 1 N–H and O–H groups in total. The van der Waals surface area contributed by atoms with Gasteiger partial charge in [-0.25, -0.2) is 0 Å². The maximum atomic E-state index is 10.1. The summed E-state index contributed by atoms with van der Waals surface area (Å²) in [5.41, 5.74) is 3.26. The van der Waals surface area contributed by atoms with Crippen LogP contribution in [-0.4, -0.2) is 15.8 Å². The lowest BCUT2D eigenvalue weighted by molar-refractivity contribution is 0.161. The third kappa shape index (κ3) is 2.41. The lowest BCUT2D eigenvalue weighted by Crippen LogP contribution is -2.05. The average Bonchev–Trinajstić information content (AvgIpc) is 2.42. The Hall–Kier alpha value is -0.540. The van der Waals surface area contributed by atoms with Gasteiger partial charge < -0.3 is 5.11 Å². The monoisotopic (exact) mass is 237 g/mol. The normalized spacial score (nSPS) is 20.3. The number of hydrogen-bond acceptors (Lipinski definition) is 3. The Labute approximate surface area is 101 Å². The highest BCUT2D eigenvalue weighted by molar-refractivity contribution is 7.99. The van der Waals surface area contributed by atoms with Gasteiger partial charge in [0.05, 0.1) is 11.8 Å². The van der Waals surface area contributed by atoms with Crippen LogP contribution >= 0.6 is 11.8 Å². The summed E-state index contributed by atoms with van der Waals surface area (Å²) in [6.45, 7) is 4.18. The van der Waals surface area contributed by atoms with Crippen molar-refractivity contribution in [3.63, 3.8) is 0 Å². The molecule has 0 aliphatic heterocycles. The van der Waals surface area contributed by atoms with Crippen molar-refractivity contribution in [3.05, 3.63) is 23.0 Å². The maximum Gasteiger partial charge on any atom is 0.0963 e. The highest BCUT2D eigenvalue weighted by atomic mass is 32.2. The minimum absolute atomic E-state index is 0.353. The summed E-state index contributed by atoms with van der Waals surface area (Å²) in [6.07, 6.45) is 3.86. The lowest BCUT2D eigenvalue weighted by atomic mass is 10.1. The molecule has 3 heteroatoms. The first-order valence-electron chi connectivity index (χ1n) is 6.03. The van der Waals surface area contributed by atoms with E-state index >= 15 is 0 Å². The summed E-state index contributed by atoms with van der Waals surface area (Å²) in [7, 11) is 0. The molecule has 0 radical (unpaired) electrons. The first-order valence-corrected chi connectivity index (χ1v) is 7.02. The molecule has 1 heterocycles. The summed E-state index contributed by atoms with van der Waals surface area (Å²) in [6, 6.07) is 2.16. The van der Waals surface area contributed by atoms with Gasteiger partial charge in [-0.15, -0.1) is 11.8 Å². The van der Waals surface area contributed by atoms with Gasteiger partial charge in [-0.3, -0.25) is 4.98 Å². The van der Waals surface area contributed by atoms with Crippen molar-refractivity contribution in [3.8, 4) is 0 Å². The molecule has 16 heavy (non-hydrogen) atoms. The van der Waals surface area contributed by atoms with Crippen molar-refractivity contribution in [1.82, 2.24) is 4.98 Å². The Morgan fingerprint density at radius 3 is 3.06 bits per heavy atom. The van der Waals surface area contributed by atoms with Crippen molar-refractivity contribution in [2.24, 2.45) is 0 Å². The van der Waals surface area contributed by atoms with E-state index < -0.39 is 0 Å². The highest BCUT2D eigenvalue weighted by Crippen LogP contribution is 2.34. The number of thioether (sulfide) groups is 1. The molecule has 1 aromatic rings. The van der Waals surface area contributed by atoms with Crippen LogP contribution in [-0.2, 0) is 6.42 Å². The summed E-state index contributed by atoms with van der Waals surface area (Å²) < 4.78 is 0. The van der Waals surface area contributed by atoms with Crippen LogP contribution in [0.25, 0.3) is 0 Å².